The highest BCUT2D eigenvalue weighted by atomic mass is 16.6. The number of piperidine rings is 1. The summed E-state index contributed by atoms with van der Waals surface area (Å²) in [6.07, 6.45) is 7.44. The van der Waals surface area contributed by atoms with Gasteiger partial charge in [-0.1, -0.05) is 43.5 Å². The van der Waals surface area contributed by atoms with E-state index >= 15 is 0 Å². The van der Waals surface area contributed by atoms with Crippen LogP contribution in [0.25, 0.3) is 11.1 Å². The van der Waals surface area contributed by atoms with Gasteiger partial charge in [0.1, 0.15) is 11.9 Å². The molecule has 1 atom stereocenters. The lowest BCUT2D eigenvalue weighted by atomic mass is 9.83. The van der Waals surface area contributed by atoms with Gasteiger partial charge < -0.3 is 14.4 Å². The fourth-order valence-electron chi connectivity index (χ4n) is 4.96. The number of cyclic esters (lactones) is 1. The van der Waals surface area contributed by atoms with Gasteiger partial charge in [0.05, 0.1) is 0 Å². The van der Waals surface area contributed by atoms with Crippen molar-refractivity contribution in [2.24, 2.45) is 4.99 Å². The molecular formula is C26H30N2O3. The highest BCUT2D eigenvalue weighted by molar-refractivity contribution is 6.08. The number of hydrogen-bond donors (Lipinski definition) is 0. The quantitative estimate of drug-likeness (QED) is 0.667. The molecule has 1 unspecified atom stereocenters. The van der Waals surface area contributed by atoms with Crippen LogP contribution in [0.4, 0.5) is 0 Å². The van der Waals surface area contributed by atoms with Gasteiger partial charge in [0.2, 0.25) is 5.90 Å². The number of carbonyl (C=O) groups excluding carboxylic acids is 1. The van der Waals surface area contributed by atoms with Crippen molar-refractivity contribution in [2.75, 3.05) is 20.1 Å². The smallest absolute Gasteiger partial charge is 0.340 e. The van der Waals surface area contributed by atoms with Crippen LogP contribution in [-0.2, 0) is 9.53 Å². The molecule has 3 aliphatic rings. The lowest BCUT2D eigenvalue weighted by Gasteiger charge is -2.30. The summed E-state index contributed by atoms with van der Waals surface area (Å²) in [5, 5.41) is 0. The number of rotatable bonds is 4. The maximum atomic E-state index is 12.5. The van der Waals surface area contributed by atoms with Crippen LogP contribution in [0.5, 0.6) is 5.75 Å². The molecule has 2 aliphatic heterocycles. The first kappa shape index (κ1) is 20.3. The number of carbonyl (C=O) groups is 1. The second-order valence-corrected chi connectivity index (χ2v) is 9.14. The average Bonchev–Trinajstić information content (AvgIpc) is 3.10. The van der Waals surface area contributed by atoms with Crippen molar-refractivity contribution in [3.63, 3.8) is 0 Å². The molecule has 5 heteroatoms. The van der Waals surface area contributed by atoms with E-state index in [1.807, 2.05) is 24.3 Å². The molecule has 2 aromatic carbocycles. The van der Waals surface area contributed by atoms with Gasteiger partial charge in [0.15, 0.2) is 5.54 Å². The molecule has 0 N–H and O–H groups in total. The Labute approximate surface area is 184 Å². The van der Waals surface area contributed by atoms with Gasteiger partial charge in [-0.05, 0) is 74.7 Å². The summed E-state index contributed by atoms with van der Waals surface area (Å²) in [5.41, 5.74) is 2.48. The van der Waals surface area contributed by atoms with Crippen molar-refractivity contribution in [1.82, 2.24) is 4.90 Å². The highest BCUT2D eigenvalue weighted by Crippen LogP contribution is 2.37. The molecule has 0 aromatic heterocycles. The molecule has 1 saturated heterocycles. The summed E-state index contributed by atoms with van der Waals surface area (Å²) in [6, 6.07) is 16.4. The molecule has 5 nitrogen and oxygen atoms in total. The first-order valence-electron chi connectivity index (χ1n) is 11.5. The Hall–Kier alpha value is -2.66. The Balaban J connectivity index is 1.27. The molecule has 1 saturated carbocycles. The molecule has 2 aromatic rings. The number of likely N-dealkylation sites (tertiary alicyclic amines) is 1. The first-order chi connectivity index (χ1) is 15.1. The second-order valence-electron chi connectivity index (χ2n) is 9.14. The monoisotopic (exact) mass is 418 g/mol. The Morgan fingerprint density at radius 1 is 0.935 bits per heavy atom. The number of esters is 1. The Bertz CT molecular complexity index is 959. The minimum absolute atomic E-state index is 0.175. The summed E-state index contributed by atoms with van der Waals surface area (Å²) >= 11 is 0. The Kier molecular flexibility index (Phi) is 5.53. The van der Waals surface area contributed by atoms with Crippen LogP contribution in [0.1, 0.15) is 50.5 Å². The summed E-state index contributed by atoms with van der Waals surface area (Å²) in [7, 11) is 2.15. The lowest BCUT2D eigenvalue weighted by Crippen LogP contribution is -2.38. The molecule has 0 bridgehead atoms. The van der Waals surface area contributed by atoms with E-state index in [1.165, 1.54) is 12.8 Å². The van der Waals surface area contributed by atoms with Gasteiger partial charge in [0.25, 0.3) is 0 Å². The zero-order chi connectivity index (χ0) is 21.3. The van der Waals surface area contributed by atoms with Gasteiger partial charge in [-0.15, -0.1) is 0 Å². The van der Waals surface area contributed by atoms with Gasteiger partial charge in [-0.2, -0.15) is 0 Å². The van der Waals surface area contributed by atoms with Crippen LogP contribution in [0, 0.1) is 0 Å². The summed E-state index contributed by atoms with van der Waals surface area (Å²) in [4.78, 5) is 19.5. The van der Waals surface area contributed by atoms with Crippen molar-refractivity contribution < 1.29 is 14.3 Å². The largest absolute Gasteiger partial charge is 0.489 e. The minimum Gasteiger partial charge on any atom is -0.489 e. The fraction of sp³-hybridized carbons (Fsp3) is 0.462. The van der Waals surface area contributed by atoms with Crippen LogP contribution < -0.4 is 4.74 Å². The molecule has 1 spiro atoms. The molecule has 0 amide bonds. The molecule has 1 aliphatic carbocycles. The number of likely N-dealkylation sites (N-methyl/N-ethyl adjacent to an activating group) is 1. The topological polar surface area (TPSA) is 51.1 Å². The average molecular weight is 419 g/mol. The minimum atomic E-state index is -0.630. The van der Waals surface area contributed by atoms with Crippen molar-refractivity contribution in [1.29, 1.82) is 0 Å². The van der Waals surface area contributed by atoms with Crippen LogP contribution in [-0.4, -0.2) is 48.5 Å². The standard InChI is InChI=1S/C26H30N2O3/c1-28-17-5-6-23(18-28)30-22-13-11-20(12-14-22)19-7-9-21(10-8-19)24-27-26(25(29)31-24)15-3-2-4-16-26/h7-14,23H,2-6,15-18H2,1H3. The molecule has 31 heavy (non-hydrogen) atoms. The van der Waals surface area contributed by atoms with Crippen LogP contribution in [0.3, 0.4) is 0 Å². The third-order valence-electron chi connectivity index (χ3n) is 6.77. The van der Waals surface area contributed by atoms with Gasteiger partial charge in [0, 0.05) is 12.1 Å². The van der Waals surface area contributed by atoms with E-state index in [-0.39, 0.29) is 12.1 Å². The summed E-state index contributed by atoms with van der Waals surface area (Å²) < 4.78 is 11.7. The van der Waals surface area contributed by atoms with Crippen LogP contribution in [0.2, 0.25) is 0 Å². The Morgan fingerprint density at radius 3 is 2.26 bits per heavy atom. The van der Waals surface area contributed by atoms with Crippen molar-refractivity contribution in [3.05, 3.63) is 54.1 Å². The molecule has 0 radical (unpaired) electrons. The van der Waals surface area contributed by atoms with Gasteiger partial charge in [-0.3, -0.25) is 0 Å². The highest BCUT2D eigenvalue weighted by Gasteiger charge is 2.46. The number of benzene rings is 2. The van der Waals surface area contributed by atoms with Crippen molar-refractivity contribution in [3.8, 4) is 16.9 Å². The van der Waals surface area contributed by atoms with E-state index in [0.29, 0.717) is 5.90 Å². The van der Waals surface area contributed by atoms with Crippen molar-refractivity contribution in [2.45, 2.75) is 56.6 Å². The maximum Gasteiger partial charge on any atom is 0.340 e. The fourth-order valence-corrected chi connectivity index (χ4v) is 4.96. The SMILES string of the molecule is CN1CCCC(Oc2ccc(-c3ccc(C4=NC5(CCCCC5)C(=O)O4)cc3)cc2)C1. The first-order valence-corrected chi connectivity index (χ1v) is 11.5. The number of aliphatic imine (C=N–C) groups is 1. The lowest BCUT2D eigenvalue weighted by molar-refractivity contribution is -0.140. The number of nitrogens with zero attached hydrogens (tertiary/aromatic N) is 2. The molecule has 5 rings (SSSR count). The van der Waals surface area contributed by atoms with Gasteiger partial charge in [-0.25, -0.2) is 9.79 Å². The zero-order valence-corrected chi connectivity index (χ0v) is 18.2. The predicted molar refractivity (Wildman–Crippen MR) is 121 cm³/mol. The van der Waals surface area contributed by atoms with E-state index in [4.69, 9.17) is 14.5 Å². The van der Waals surface area contributed by atoms with Crippen LogP contribution >= 0.6 is 0 Å². The number of ether oxygens (including phenoxy) is 2. The number of hydrogen-bond acceptors (Lipinski definition) is 5. The normalized spacial score (nSPS) is 23.5. The maximum absolute atomic E-state index is 12.5. The van der Waals surface area contributed by atoms with Crippen molar-refractivity contribution >= 4 is 11.9 Å². The summed E-state index contributed by atoms with van der Waals surface area (Å²) in [5.74, 6) is 1.22. The van der Waals surface area contributed by atoms with Gasteiger partial charge >= 0.3 is 5.97 Å². The van der Waals surface area contributed by atoms with E-state index in [1.54, 1.807) is 0 Å². The van der Waals surface area contributed by atoms with E-state index < -0.39 is 5.54 Å². The van der Waals surface area contributed by atoms with Crippen LogP contribution in [0.15, 0.2) is 53.5 Å². The summed E-state index contributed by atoms with van der Waals surface area (Å²) in [6.45, 7) is 2.14. The molecule has 2 fully saturated rings. The molecule has 162 valence electrons. The third kappa shape index (κ3) is 4.24. The molecular weight excluding hydrogens is 388 g/mol. The van der Waals surface area contributed by atoms with E-state index in [0.717, 1.165) is 67.6 Å². The van der Waals surface area contributed by atoms with E-state index in [2.05, 4.69) is 36.2 Å². The second kappa shape index (κ2) is 8.46. The molecule has 2 heterocycles. The predicted octanol–water partition coefficient (Wildman–Crippen LogP) is 4.83. The third-order valence-corrected chi connectivity index (χ3v) is 6.77. The Morgan fingerprint density at radius 2 is 1.58 bits per heavy atom. The zero-order valence-electron chi connectivity index (χ0n) is 18.2. The van der Waals surface area contributed by atoms with E-state index in [9.17, 15) is 4.79 Å².